The number of piperidine rings is 1. The smallest absolute Gasteiger partial charge is 0.263 e. The van der Waals surface area contributed by atoms with Crippen LogP contribution >= 0.6 is 0 Å². The molecule has 0 spiro atoms. The fraction of sp³-hybridized carbons (Fsp3) is 0.381. The molecule has 0 bridgehead atoms. The van der Waals surface area contributed by atoms with Gasteiger partial charge in [0.15, 0.2) is 12.4 Å². The molecule has 1 saturated heterocycles. The minimum atomic E-state index is -0.127. The molecule has 0 radical (unpaired) electrons. The Morgan fingerprint density at radius 1 is 1.18 bits per heavy atom. The van der Waals surface area contributed by atoms with Crippen molar-refractivity contribution in [3.05, 3.63) is 54.2 Å². The number of ether oxygens (including phenoxy) is 1. The predicted molar refractivity (Wildman–Crippen MR) is 107 cm³/mol. The maximum atomic E-state index is 12.4. The predicted octanol–water partition coefficient (Wildman–Crippen LogP) is 3.30. The molecule has 3 rings (SSSR count). The van der Waals surface area contributed by atoms with Gasteiger partial charge in [-0.3, -0.25) is 4.79 Å². The maximum absolute atomic E-state index is 12.4. The van der Waals surface area contributed by atoms with Crippen LogP contribution in [0.4, 0.5) is 0 Å². The first-order valence-electron chi connectivity index (χ1n) is 9.50. The van der Waals surface area contributed by atoms with Gasteiger partial charge < -0.3 is 20.2 Å². The molecule has 1 aromatic carbocycles. The summed E-state index contributed by atoms with van der Waals surface area (Å²) >= 11 is 0. The van der Waals surface area contributed by atoms with Crippen LogP contribution < -0.4 is 10.5 Å². The van der Waals surface area contributed by atoms with Gasteiger partial charge in [0.25, 0.3) is 5.91 Å². The molecule has 7 heteroatoms. The van der Waals surface area contributed by atoms with E-state index in [4.69, 9.17) is 15.3 Å². The third-order valence-electron chi connectivity index (χ3n) is 4.83. The van der Waals surface area contributed by atoms with E-state index < -0.39 is 0 Å². The van der Waals surface area contributed by atoms with E-state index in [0.29, 0.717) is 17.2 Å². The maximum Gasteiger partial charge on any atom is 0.263 e. The van der Waals surface area contributed by atoms with Crippen LogP contribution in [0.1, 0.15) is 38.7 Å². The normalized spacial score (nSPS) is 19.9. The number of nitrogens with zero attached hydrogens (tertiary/aromatic N) is 3. The van der Waals surface area contributed by atoms with Crippen LogP contribution in [0.25, 0.3) is 0 Å². The lowest BCUT2D eigenvalue weighted by molar-refractivity contribution is -0.142. The Kier molecular flexibility index (Phi) is 6.47. The quantitative estimate of drug-likeness (QED) is 0.470. The molecule has 7 nitrogen and oxygen atoms in total. The van der Waals surface area contributed by atoms with Crippen molar-refractivity contribution in [2.45, 2.75) is 45.2 Å². The second-order valence-electron chi connectivity index (χ2n) is 6.98. The Morgan fingerprint density at radius 2 is 1.89 bits per heavy atom. The van der Waals surface area contributed by atoms with E-state index in [1.54, 1.807) is 18.3 Å². The Morgan fingerprint density at radius 3 is 2.54 bits per heavy atom. The van der Waals surface area contributed by atoms with E-state index in [2.05, 4.69) is 24.0 Å². The van der Waals surface area contributed by atoms with E-state index in [9.17, 15) is 4.79 Å². The lowest BCUT2D eigenvalue weighted by atomic mass is 9.97. The number of aromatic nitrogens is 1. The van der Waals surface area contributed by atoms with E-state index in [1.165, 1.54) is 0 Å². The molecular weight excluding hydrogens is 356 g/mol. The van der Waals surface area contributed by atoms with Gasteiger partial charge >= 0.3 is 0 Å². The van der Waals surface area contributed by atoms with E-state index in [-0.39, 0.29) is 30.4 Å². The van der Waals surface area contributed by atoms with Crippen LogP contribution in [-0.4, -0.2) is 40.3 Å². The van der Waals surface area contributed by atoms with Crippen molar-refractivity contribution in [2.24, 2.45) is 10.9 Å². The van der Waals surface area contributed by atoms with Crippen LogP contribution in [-0.2, 0) is 9.63 Å². The molecule has 1 amide bonds. The molecule has 2 N–H and O–H groups in total. The van der Waals surface area contributed by atoms with Crippen LogP contribution in [0.2, 0.25) is 0 Å². The minimum Gasteiger partial charge on any atom is -0.439 e. The van der Waals surface area contributed by atoms with Gasteiger partial charge in [-0.15, -0.1) is 0 Å². The molecule has 1 aliphatic rings. The first-order chi connectivity index (χ1) is 13.5. The Bertz CT molecular complexity index is 798. The van der Waals surface area contributed by atoms with E-state index >= 15 is 0 Å². The molecule has 1 aliphatic heterocycles. The summed E-state index contributed by atoms with van der Waals surface area (Å²) in [5.74, 6) is 1.24. The van der Waals surface area contributed by atoms with Gasteiger partial charge in [0.2, 0.25) is 5.88 Å². The average Bonchev–Trinajstić information content (AvgIpc) is 2.69. The number of hydrogen-bond donors (Lipinski definition) is 1. The zero-order chi connectivity index (χ0) is 19.9. The number of carbonyl (C=O) groups excluding carboxylic acids is 1. The van der Waals surface area contributed by atoms with Crippen molar-refractivity contribution in [1.29, 1.82) is 0 Å². The molecular formula is C21H26N4O3. The van der Waals surface area contributed by atoms with Gasteiger partial charge in [-0.05, 0) is 51.3 Å². The number of benzene rings is 1. The van der Waals surface area contributed by atoms with Gasteiger partial charge in [-0.2, -0.15) is 0 Å². The monoisotopic (exact) mass is 382 g/mol. The Hall–Kier alpha value is -3.09. The number of amidine groups is 1. The zero-order valence-corrected chi connectivity index (χ0v) is 16.2. The van der Waals surface area contributed by atoms with E-state index in [0.717, 1.165) is 19.3 Å². The van der Waals surface area contributed by atoms with Crippen molar-refractivity contribution >= 4 is 11.7 Å². The van der Waals surface area contributed by atoms with Gasteiger partial charge in [-0.25, -0.2) is 4.98 Å². The van der Waals surface area contributed by atoms with Gasteiger partial charge in [0.1, 0.15) is 5.75 Å². The number of oxime groups is 1. The number of hydrogen-bond acceptors (Lipinski definition) is 5. The third kappa shape index (κ3) is 5.00. The van der Waals surface area contributed by atoms with Gasteiger partial charge in [0.05, 0.1) is 0 Å². The highest BCUT2D eigenvalue weighted by Crippen LogP contribution is 2.22. The molecule has 2 aromatic rings. The first kappa shape index (κ1) is 19.7. The second kappa shape index (κ2) is 9.21. The molecule has 0 aliphatic carbocycles. The second-order valence-corrected chi connectivity index (χ2v) is 6.98. The summed E-state index contributed by atoms with van der Waals surface area (Å²) in [6.45, 7) is 4.00. The molecule has 148 valence electrons. The molecule has 1 fully saturated rings. The summed E-state index contributed by atoms with van der Waals surface area (Å²) in [5, 5.41) is 3.86. The number of likely N-dealkylation sites (tertiary alicyclic amines) is 1. The highest BCUT2D eigenvalue weighted by Gasteiger charge is 2.29. The number of para-hydroxylation sites is 1. The fourth-order valence-electron chi connectivity index (χ4n) is 3.40. The lowest BCUT2D eigenvalue weighted by Crippen LogP contribution is -2.48. The summed E-state index contributed by atoms with van der Waals surface area (Å²) < 4.78 is 5.64. The van der Waals surface area contributed by atoms with Crippen molar-refractivity contribution in [3.8, 4) is 11.6 Å². The number of amides is 1. The first-order valence-corrected chi connectivity index (χ1v) is 9.50. The summed E-state index contributed by atoms with van der Waals surface area (Å²) in [6.07, 6.45) is 4.74. The molecule has 28 heavy (non-hydrogen) atoms. The summed E-state index contributed by atoms with van der Waals surface area (Å²) in [7, 11) is 0. The van der Waals surface area contributed by atoms with E-state index in [1.807, 2.05) is 35.2 Å². The number of nitrogens with two attached hydrogens (primary N) is 1. The third-order valence-corrected chi connectivity index (χ3v) is 4.83. The summed E-state index contributed by atoms with van der Waals surface area (Å²) in [6, 6.07) is 13.3. The van der Waals surface area contributed by atoms with Crippen LogP contribution in [0.3, 0.4) is 0 Å². The largest absolute Gasteiger partial charge is 0.439 e. The topological polar surface area (TPSA) is 90.0 Å². The van der Waals surface area contributed by atoms with Crippen molar-refractivity contribution in [1.82, 2.24) is 9.88 Å². The highest BCUT2D eigenvalue weighted by atomic mass is 16.6. The average molecular weight is 382 g/mol. The highest BCUT2D eigenvalue weighted by molar-refractivity contribution is 5.96. The lowest BCUT2D eigenvalue weighted by Gasteiger charge is -2.38. The van der Waals surface area contributed by atoms with Crippen molar-refractivity contribution < 1.29 is 14.4 Å². The van der Waals surface area contributed by atoms with Crippen molar-refractivity contribution in [2.75, 3.05) is 6.61 Å². The standard InChI is InChI=1S/C21H26N4O3/c1-15-7-6-8-16(2)25(15)20(26)14-27-24-21(22)17-11-12-19(23-13-17)28-18-9-4-3-5-10-18/h3-5,9-13,15-16H,6-8,14H2,1-2H3,(H2,22,24). The number of pyridine rings is 1. The molecule has 0 saturated carbocycles. The molecule has 1 aromatic heterocycles. The van der Waals surface area contributed by atoms with Gasteiger partial charge in [0, 0.05) is 29.9 Å². The Balaban J connectivity index is 1.54. The van der Waals surface area contributed by atoms with Gasteiger partial charge in [-0.1, -0.05) is 23.4 Å². The van der Waals surface area contributed by atoms with Crippen LogP contribution in [0, 0.1) is 0 Å². The van der Waals surface area contributed by atoms with Crippen molar-refractivity contribution in [3.63, 3.8) is 0 Å². The summed E-state index contributed by atoms with van der Waals surface area (Å²) in [5.41, 5.74) is 6.53. The fourth-order valence-corrected chi connectivity index (χ4v) is 3.40. The zero-order valence-electron chi connectivity index (χ0n) is 16.2. The number of rotatable bonds is 6. The number of carbonyl (C=O) groups is 1. The van der Waals surface area contributed by atoms with Crippen LogP contribution in [0.15, 0.2) is 53.8 Å². The van der Waals surface area contributed by atoms with Crippen LogP contribution in [0.5, 0.6) is 11.6 Å². The SMILES string of the molecule is CC1CCCC(C)N1C(=O)CO/N=C(/N)c1ccc(Oc2ccccc2)nc1. The Labute approximate surface area is 165 Å². The minimum absolute atomic E-state index is 0.0685. The molecule has 2 atom stereocenters. The molecule has 2 unspecified atom stereocenters. The molecule has 2 heterocycles. The summed E-state index contributed by atoms with van der Waals surface area (Å²) in [4.78, 5) is 23.7.